The highest BCUT2D eigenvalue weighted by Crippen LogP contribution is 2.46. The minimum absolute atomic E-state index is 0.141. The van der Waals surface area contributed by atoms with E-state index in [0.29, 0.717) is 40.8 Å². The Morgan fingerprint density at radius 1 is 1.02 bits per heavy atom. The van der Waals surface area contributed by atoms with Crippen LogP contribution in [0.2, 0.25) is 5.02 Å². The normalized spacial score (nSPS) is 16.5. The SMILES string of the molecule is CCCCCOc1ccc(C2/C(=C(\O)c3ccc(F)cc3)C(=O)C(=O)N2c2nc3ccc(Cl)cc3s2)cc1OCC. The van der Waals surface area contributed by atoms with Gasteiger partial charge in [0.05, 0.1) is 35.0 Å². The number of aliphatic hydroxyl groups excluding tert-OH is 1. The number of unbranched alkanes of at least 4 members (excludes halogenated alkanes) is 2. The Morgan fingerprint density at radius 2 is 1.80 bits per heavy atom. The van der Waals surface area contributed by atoms with Crippen LogP contribution in [0.25, 0.3) is 16.0 Å². The van der Waals surface area contributed by atoms with Gasteiger partial charge in [0.2, 0.25) is 0 Å². The molecule has 41 heavy (non-hydrogen) atoms. The van der Waals surface area contributed by atoms with Gasteiger partial charge >= 0.3 is 5.91 Å². The molecule has 1 fully saturated rings. The molecule has 1 unspecified atom stereocenters. The number of fused-ring (bicyclic) bond motifs is 1. The number of Topliss-reactive ketones (excluding diaryl/α,β-unsaturated/α-hetero) is 1. The molecule has 5 rings (SSSR count). The maximum atomic E-state index is 13.6. The lowest BCUT2D eigenvalue weighted by Crippen LogP contribution is -2.29. The number of ether oxygens (including phenoxy) is 2. The van der Waals surface area contributed by atoms with Crippen molar-refractivity contribution < 1.29 is 28.6 Å². The molecule has 4 aromatic rings. The van der Waals surface area contributed by atoms with Crippen molar-refractivity contribution >= 4 is 55.7 Å². The molecule has 0 aliphatic carbocycles. The second-order valence-electron chi connectivity index (χ2n) is 9.48. The predicted octanol–water partition coefficient (Wildman–Crippen LogP) is 7.68. The highest BCUT2D eigenvalue weighted by atomic mass is 35.5. The molecule has 1 N–H and O–H groups in total. The summed E-state index contributed by atoms with van der Waals surface area (Å²) in [7, 11) is 0. The highest BCUT2D eigenvalue weighted by molar-refractivity contribution is 7.22. The van der Waals surface area contributed by atoms with Crippen molar-refractivity contribution in [2.45, 2.75) is 39.2 Å². The van der Waals surface area contributed by atoms with Gasteiger partial charge in [0.25, 0.3) is 5.78 Å². The third kappa shape index (κ3) is 5.78. The van der Waals surface area contributed by atoms with E-state index in [0.717, 1.165) is 24.0 Å². The van der Waals surface area contributed by atoms with Gasteiger partial charge in [-0.3, -0.25) is 14.5 Å². The van der Waals surface area contributed by atoms with Crippen LogP contribution >= 0.6 is 22.9 Å². The number of ketones is 1. The van der Waals surface area contributed by atoms with E-state index in [9.17, 15) is 19.1 Å². The van der Waals surface area contributed by atoms with E-state index in [1.54, 1.807) is 36.4 Å². The number of aromatic nitrogens is 1. The summed E-state index contributed by atoms with van der Waals surface area (Å²) in [5, 5.41) is 12.1. The van der Waals surface area contributed by atoms with Gasteiger partial charge in [0, 0.05) is 10.6 Å². The van der Waals surface area contributed by atoms with Crippen molar-refractivity contribution in [1.29, 1.82) is 0 Å². The summed E-state index contributed by atoms with van der Waals surface area (Å²) in [5.74, 6) is -1.66. The van der Waals surface area contributed by atoms with Crippen LogP contribution in [0.3, 0.4) is 0 Å². The number of carbonyl (C=O) groups is 2. The minimum atomic E-state index is -1.04. The fourth-order valence-corrected chi connectivity index (χ4v) is 5.98. The Morgan fingerprint density at radius 3 is 2.54 bits per heavy atom. The number of hydrogen-bond acceptors (Lipinski definition) is 7. The van der Waals surface area contributed by atoms with Gasteiger partial charge in [0.1, 0.15) is 11.6 Å². The fourth-order valence-electron chi connectivity index (χ4n) is 4.71. The number of nitrogens with zero attached hydrogens (tertiary/aromatic N) is 2. The van der Waals surface area contributed by atoms with Crippen LogP contribution in [0, 0.1) is 5.82 Å². The Bertz CT molecular complexity index is 1640. The lowest BCUT2D eigenvalue weighted by Gasteiger charge is -2.24. The van der Waals surface area contributed by atoms with Crippen LogP contribution in [0.15, 0.2) is 66.2 Å². The topological polar surface area (TPSA) is 89.0 Å². The van der Waals surface area contributed by atoms with Gasteiger partial charge < -0.3 is 14.6 Å². The molecular formula is C31H28ClFN2O5S. The van der Waals surface area contributed by atoms with E-state index in [4.69, 9.17) is 21.1 Å². The first-order valence-corrected chi connectivity index (χ1v) is 14.5. The van der Waals surface area contributed by atoms with Crippen molar-refractivity contribution in [1.82, 2.24) is 4.98 Å². The minimum Gasteiger partial charge on any atom is -0.507 e. The summed E-state index contributed by atoms with van der Waals surface area (Å²) < 4.78 is 26.2. The van der Waals surface area contributed by atoms with E-state index in [1.165, 1.54) is 40.5 Å². The van der Waals surface area contributed by atoms with Gasteiger partial charge in [-0.2, -0.15) is 0 Å². The number of benzene rings is 3. The Labute approximate surface area is 245 Å². The molecule has 0 bridgehead atoms. The summed E-state index contributed by atoms with van der Waals surface area (Å²) >= 11 is 7.38. The quantitative estimate of drug-likeness (QED) is 0.0876. The molecule has 1 aliphatic rings. The molecule has 1 aliphatic heterocycles. The first-order chi connectivity index (χ1) is 19.8. The predicted molar refractivity (Wildman–Crippen MR) is 158 cm³/mol. The standard InChI is InChI=1S/C31H28ClFN2O5S/c1-3-5-6-15-40-23-14-9-19(16-24(23)39-4-2)27-26(28(36)18-7-11-21(33)12-8-18)29(37)30(38)35(27)31-34-22-13-10-20(32)17-25(22)41-31/h7-14,16-17,27,36H,3-6,15H2,1-2H3/b28-26+. The molecule has 3 aromatic carbocycles. The third-order valence-electron chi connectivity index (χ3n) is 6.70. The van der Waals surface area contributed by atoms with E-state index in [-0.39, 0.29) is 16.3 Å². The molecule has 2 heterocycles. The van der Waals surface area contributed by atoms with Crippen molar-refractivity contribution in [2.24, 2.45) is 0 Å². The number of thiazole rings is 1. The largest absolute Gasteiger partial charge is 0.507 e. The Balaban J connectivity index is 1.66. The van der Waals surface area contributed by atoms with Crippen LogP contribution in [0.4, 0.5) is 9.52 Å². The van der Waals surface area contributed by atoms with E-state index < -0.39 is 29.3 Å². The van der Waals surface area contributed by atoms with Crippen LogP contribution in [0.1, 0.15) is 50.3 Å². The third-order valence-corrected chi connectivity index (χ3v) is 7.95. The van der Waals surface area contributed by atoms with Crippen molar-refractivity contribution in [3.8, 4) is 11.5 Å². The molecule has 1 aromatic heterocycles. The maximum Gasteiger partial charge on any atom is 0.301 e. The number of aliphatic hydroxyl groups is 1. The smallest absolute Gasteiger partial charge is 0.301 e. The fraction of sp³-hybridized carbons (Fsp3) is 0.258. The Kier molecular flexibility index (Phi) is 8.56. The molecule has 212 valence electrons. The van der Waals surface area contributed by atoms with Crippen molar-refractivity contribution in [3.05, 3.63) is 88.2 Å². The number of hydrogen-bond donors (Lipinski definition) is 1. The van der Waals surface area contributed by atoms with Crippen molar-refractivity contribution in [2.75, 3.05) is 18.1 Å². The molecule has 1 atom stereocenters. The number of halogens is 2. The number of amides is 1. The van der Waals surface area contributed by atoms with Gasteiger partial charge in [-0.25, -0.2) is 9.37 Å². The summed E-state index contributed by atoms with van der Waals surface area (Å²) in [6.45, 7) is 4.84. The molecule has 0 saturated carbocycles. The molecule has 0 radical (unpaired) electrons. The molecule has 10 heteroatoms. The highest BCUT2D eigenvalue weighted by Gasteiger charge is 2.48. The first kappa shape index (κ1) is 28.6. The monoisotopic (exact) mass is 594 g/mol. The van der Waals surface area contributed by atoms with Crippen LogP contribution < -0.4 is 14.4 Å². The average molecular weight is 595 g/mol. The average Bonchev–Trinajstić information content (AvgIpc) is 3.49. The second-order valence-corrected chi connectivity index (χ2v) is 10.9. The van der Waals surface area contributed by atoms with Crippen LogP contribution in [-0.4, -0.2) is 35.0 Å². The van der Waals surface area contributed by atoms with E-state index in [2.05, 4.69) is 11.9 Å². The molecular weight excluding hydrogens is 567 g/mol. The molecule has 7 nitrogen and oxygen atoms in total. The lowest BCUT2D eigenvalue weighted by atomic mass is 9.95. The molecule has 0 spiro atoms. The van der Waals surface area contributed by atoms with Crippen LogP contribution in [0.5, 0.6) is 11.5 Å². The van der Waals surface area contributed by atoms with Gasteiger partial charge in [-0.15, -0.1) is 0 Å². The van der Waals surface area contributed by atoms with Crippen LogP contribution in [-0.2, 0) is 9.59 Å². The first-order valence-electron chi connectivity index (χ1n) is 13.3. The summed E-state index contributed by atoms with van der Waals surface area (Å²) in [6.07, 6.45) is 2.99. The maximum absolute atomic E-state index is 13.6. The van der Waals surface area contributed by atoms with Gasteiger partial charge in [-0.1, -0.05) is 48.8 Å². The Hall–Kier alpha value is -3.95. The van der Waals surface area contributed by atoms with Gasteiger partial charge in [0.15, 0.2) is 16.6 Å². The van der Waals surface area contributed by atoms with Gasteiger partial charge in [-0.05, 0) is 73.5 Å². The molecule has 1 amide bonds. The second kappa shape index (κ2) is 12.3. The molecule has 1 saturated heterocycles. The van der Waals surface area contributed by atoms with Crippen molar-refractivity contribution in [3.63, 3.8) is 0 Å². The lowest BCUT2D eigenvalue weighted by molar-refractivity contribution is -0.132. The summed E-state index contributed by atoms with van der Waals surface area (Å²) in [4.78, 5) is 33.0. The van der Waals surface area contributed by atoms with E-state index in [1.807, 2.05) is 6.92 Å². The number of rotatable bonds is 10. The number of anilines is 1. The summed E-state index contributed by atoms with van der Waals surface area (Å²) in [5.41, 5.74) is 1.18. The zero-order valence-corrected chi connectivity index (χ0v) is 24.1. The zero-order valence-electron chi connectivity index (χ0n) is 22.5. The van der Waals surface area contributed by atoms with E-state index >= 15 is 0 Å². The number of carbonyl (C=O) groups excluding carboxylic acids is 2. The summed E-state index contributed by atoms with van der Waals surface area (Å²) in [6, 6.07) is 14.4. The zero-order chi connectivity index (χ0) is 29.1.